The number of hydrogen-bond acceptors (Lipinski definition) is 6. The number of methoxy groups -OCH3 is 2. The van der Waals surface area contributed by atoms with Gasteiger partial charge in [-0.15, -0.1) is 0 Å². The van der Waals surface area contributed by atoms with E-state index in [4.69, 9.17) is 21.1 Å². The Labute approximate surface area is 193 Å². The second kappa shape index (κ2) is 11.2. The van der Waals surface area contributed by atoms with Gasteiger partial charge in [0.15, 0.2) is 0 Å². The normalized spacial score (nSPS) is 15.6. The summed E-state index contributed by atoms with van der Waals surface area (Å²) in [4.78, 5) is 29.4. The topological polar surface area (TPSA) is 83.1 Å². The predicted octanol–water partition coefficient (Wildman–Crippen LogP) is 2.94. The smallest absolute Gasteiger partial charge is 0.241 e. The number of ether oxygens (including phenoxy) is 2. The van der Waals surface area contributed by atoms with Gasteiger partial charge in [-0.3, -0.25) is 19.4 Å². The highest BCUT2D eigenvalue weighted by Crippen LogP contribution is 2.29. The lowest BCUT2D eigenvalue weighted by Crippen LogP contribution is -2.53. The standard InChI is InChI=1S/C23H29ClN4O4/c1-16(23(30)26-20-14-17(31-2)8-9-21(20)32-3)28-12-10-27(11-13-28)15-22(29)25-19-7-5-4-6-18(19)24/h4-9,14,16H,10-13,15H2,1-3H3,(H,25,29)(H,26,30). The Bertz CT molecular complexity index is 947. The number of piperazine rings is 1. The van der Waals surface area contributed by atoms with Crippen molar-refractivity contribution in [1.29, 1.82) is 0 Å². The molecular formula is C23H29ClN4O4. The number of carbonyl (C=O) groups excluding carboxylic acids is 2. The second-order valence-electron chi connectivity index (χ2n) is 7.57. The van der Waals surface area contributed by atoms with E-state index in [2.05, 4.69) is 20.4 Å². The largest absolute Gasteiger partial charge is 0.497 e. The zero-order chi connectivity index (χ0) is 23.1. The molecule has 0 aromatic heterocycles. The molecule has 0 aliphatic carbocycles. The summed E-state index contributed by atoms with van der Waals surface area (Å²) < 4.78 is 10.6. The van der Waals surface area contributed by atoms with Gasteiger partial charge >= 0.3 is 0 Å². The first-order valence-corrected chi connectivity index (χ1v) is 10.8. The van der Waals surface area contributed by atoms with Crippen molar-refractivity contribution in [1.82, 2.24) is 9.80 Å². The summed E-state index contributed by atoms with van der Waals surface area (Å²) in [5, 5.41) is 6.29. The van der Waals surface area contributed by atoms with Gasteiger partial charge in [0.05, 0.1) is 43.2 Å². The van der Waals surface area contributed by atoms with Gasteiger partial charge < -0.3 is 20.1 Å². The first-order chi connectivity index (χ1) is 15.4. The SMILES string of the molecule is COc1ccc(OC)c(NC(=O)C(C)N2CCN(CC(=O)Nc3ccccc3Cl)CC2)c1. The number of nitrogens with zero attached hydrogens (tertiary/aromatic N) is 2. The van der Waals surface area contributed by atoms with Crippen LogP contribution in [0.4, 0.5) is 11.4 Å². The van der Waals surface area contributed by atoms with Crippen LogP contribution in [0.2, 0.25) is 5.02 Å². The van der Waals surface area contributed by atoms with E-state index in [1.807, 2.05) is 19.1 Å². The lowest BCUT2D eigenvalue weighted by Gasteiger charge is -2.37. The van der Waals surface area contributed by atoms with E-state index in [0.29, 0.717) is 54.1 Å². The molecule has 0 bridgehead atoms. The van der Waals surface area contributed by atoms with Crippen LogP contribution in [0, 0.1) is 0 Å². The number of hydrogen-bond donors (Lipinski definition) is 2. The third kappa shape index (κ3) is 6.12. The quantitative estimate of drug-likeness (QED) is 0.630. The summed E-state index contributed by atoms with van der Waals surface area (Å²) in [6.45, 7) is 4.90. The van der Waals surface area contributed by atoms with Crippen LogP contribution < -0.4 is 20.1 Å². The molecular weight excluding hydrogens is 432 g/mol. The Kier molecular flexibility index (Phi) is 8.33. The van der Waals surface area contributed by atoms with Crippen LogP contribution in [0.1, 0.15) is 6.92 Å². The second-order valence-corrected chi connectivity index (χ2v) is 7.98. The number of halogens is 1. The predicted molar refractivity (Wildman–Crippen MR) is 126 cm³/mol. The number of anilines is 2. The van der Waals surface area contributed by atoms with E-state index in [0.717, 1.165) is 0 Å². The highest BCUT2D eigenvalue weighted by molar-refractivity contribution is 6.33. The minimum absolute atomic E-state index is 0.109. The van der Waals surface area contributed by atoms with Crippen molar-refractivity contribution in [3.8, 4) is 11.5 Å². The van der Waals surface area contributed by atoms with E-state index in [1.54, 1.807) is 44.6 Å². The van der Waals surface area contributed by atoms with Gasteiger partial charge in [-0.2, -0.15) is 0 Å². The molecule has 172 valence electrons. The molecule has 1 saturated heterocycles. The van der Waals surface area contributed by atoms with E-state index in [1.165, 1.54) is 0 Å². The molecule has 0 saturated carbocycles. The van der Waals surface area contributed by atoms with Gasteiger partial charge in [0, 0.05) is 32.2 Å². The molecule has 1 aliphatic heterocycles. The molecule has 1 aliphatic rings. The summed E-state index contributed by atoms with van der Waals surface area (Å²) in [5.74, 6) is 0.974. The third-order valence-electron chi connectivity index (χ3n) is 5.51. The number of rotatable bonds is 8. The van der Waals surface area contributed by atoms with Gasteiger partial charge in [0.25, 0.3) is 0 Å². The van der Waals surface area contributed by atoms with E-state index in [9.17, 15) is 9.59 Å². The van der Waals surface area contributed by atoms with Gasteiger partial charge in [0.1, 0.15) is 11.5 Å². The first-order valence-electron chi connectivity index (χ1n) is 10.4. The van der Waals surface area contributed by atoms with Gasteiger partial charge in [0.2, 0.25) is 11.8 Å². The van der Waals surface area contributed by atoms with Crippen LogP contribution in [-0.2, 0) is 9.59 Å². The molecule has 8 nitrogen and oxygen atoms in total. The van der Waals surface area contributed by atoms with Crippen LogP contribution in [0.15, 0.2) is 42.5 Å². The maximum atomic E-state index is 12.8. The van der Waals surface area contributed by atoms with Crippen molar-refractivity contribution in [3.05, 3.63) is 47.5 Å². The maximum Gasteiger partial charge on any atom is 0.241 e. The van der Waals surface area contributed by atoms with E-state index >= 15 is 0 Å². The summed E-state index contributed by atoms with van der Waals surface area (Å²) in [5.41, 5.74) is 1.18. The monoisotopic (exact) mass is 460 g/mol. The summed E-state index contributed by atoms with van der Waals surface area (Å²) in [7, 11) is 3.13. The molecule has 3 rings (SSSR count). The van der Waals surface area contributed by atoms with E-state index < -0.39 is 0 Å². The molecule has 2 amide bonds. The third-order valence-corrected chi connectivity index (χ3v) is 5.84. The molecule has 1 fully saturated rings. The summed E-state index contributed by atoms with van der Waals surface area (Å²) in [6.07, 6.45) is 0. The average molecular weight is 461 g/mol. The summed E-state index contributed by atoms with van der Waals surface area (Å²) >= 11 is 6.10. The lowest BCUT2D eigenvalue weighted by atomic mass is 10.2. The Hall–Kier alpha value is -2.81. The van der Waals surface area contributed by atoms with Gasteiger partial charge in [-0.1, -0.05) is 23.7 Å². The first kappa shape index (κ1) is 23.8. The molecule has 0 radical (unpaired) electrons. The Morgan fingerprint density at radius 1 is 1.00 bits per heavy atom. The molecule has 1 heterocycles. The Balaban J connectivity index is 1.50. The van der Waals surface area contributed by atoms with Crippen molar-refractivity contribution in [3.63, 3.8) is 0 Å². The molecule has 2 N–H and O–H groups in total. The molecule has 9 heteroatoms. The lowest BCUT2D eigenvalue weighted by molar-refractivity contribution is -0.122. The number of benzene rings is 2. The van der Waals surface area contributed by atoms with Crippen molar-refractivity contribution in [2.45, 2.75) is 13.0 Å². The fourth-order valence-corrected chi connectivity index (χ4v) is 3.76. The average Bonchev–Trinajstić information content (AvgIpc) is 2.80. The molecule has 0 spiro atoms. The molecule has 1 unspecified atom stereocenters. The Morgan fingerprint density at radius 2 is 1.72 bits per heavy atom. The van der Waals surface area contributed by atoms with Crippen molar-refractivity contribution < 1.29 is 19.1 Å². The fourth-order valence-electron chi connectivity index (χ4n) is 3.58. The maximum absolute atomic E-state index is 12.8. The highest BCUT2D eigenvalue weighted by Gasteiger charge is 2.27. The van der Waals surface area contributed by atoms with E-state index in [-0.39, 0.29) is 24.4 Å². The zero-order valence-electron chi connectivity index (χ0n) is 18.6. The molecule has 1 atom stereocenters. The minimum atomic E-state index is -0.329. The number of nitrogens with one attached hydrogen (secondary N) is 2. The van der Waals surface area contributed by atoms with Crippen LogP contribution >= 0.6 is 11.6 Å². The Morgan fingerprint density at radius 3 is 2.38 bits per heavy atom. The van der Waals surface area contributed by atoms with Gasteiger partial charge in [-0.25, -0.2) is 0 Å². The van der Waals surface area contributed by atoms with Crippen molar-refractivity contribution in [2.75, 3.05) is 57.6 Å². The molecule has 2 aromatic rings. The summed E-state index contributed by atoms with van der Waals surface area (Å²) in [6, 6.07) is 12.1. The van der Waals surface area contributed by atoms with Gasteiger partial charge in [-0.05, 0) is 31.2 Å². The minimum Gasteiger partial charge on any atom is -0.497 e. The molecule has 32 heavy (non-hydrogen) atoms. The number of amides is 2. The molecule has 2 aromatic carbocycles. The number of carbonyl (C=O) groups is 2. The number of para-hydroxylation sites is 1. The van der Waals surface area contributed by atoms with Crippen LogP contribution in [0.25, 0.3) is 0 Å². The van der Waals surface area contributed by atoms with Crippen molar-refractivity contribution in [2.24, 2.45) is 0 Å². The van der Waals surface area contributed by atoms with Crippen LogP contribution in [0.5, 0.6) is 11.5 Å². The fraction of sp³-hybridized carbons (Fsp3) is 0.391. The highest BCUT2D eigenvalue weighted by atomic mass is 35.5. The zero-order valence-corrected chi connectivity index (χ0v) is 19.3. The van der Waals surface area contributed by atoms with Crippen molar-refractivity contribution >= 4 is 34.8 Å². The van der Waals surface area contributed by atoms with Crippen LogP contribution in [-0.4, -0.2) is 74.6 Å². The van der Waals surface area contributed by atoms with Crippen LogP contribution in [0.3, 0.4) is 0 Å².